The Morgan fingerprint density at radius 3 is 2.30 bits per heavy atom. The second-order valence-electron chi connectivity index (χ2n) is 7.89. The summed E-state index contributed by atoms with van der Waals surface area (Å²) in [4.78, 5) is 36.4. The summed E-state index contributed by atoms with van der Waals surface area (Å²) in [6.45, 7) is 4.64. The molecule has 0 aliphatic carbocycles. The molecule has 1 aromatic rings. The summed E-state index contributed by atoms with van der Waals surface area (Å²) in [7, 11) is 0. The predicted octanol–water partition coefficient (Wildman–Crippen LogP) is 3.22. The lowest BCUT2D eigenvalue weighted by Gasteiger charge is -2.23. The van der Waals surface area contributed by atoms with Crippen molar-refractivity contribution in [1.29, 1.82) is 0 Å². The molecule has 1 aliphatic rings. The second kappa shape index (κ2) is 7.84. The highest BCUT2D eigenvalue weighted by molar-refractivity contribution is 6.10. The third-order valence-electron chi connectivity index (χ3n) is 5.21. The third-order valence-corrected chi connectivity index (χ3v) is 5.21. The molecule has 11 heteroatoms. The molecule has 166 valence electrons. The number of aliphatic carboxylic acids is 1. The molecule has 2 N–H and O–H groups in total. The zero-order chi connectivity index (χ0) is 23.2. The number of rotatable bonds is 6. The van der Waals surface area contributed by atoms with Gasteiger partial charge >= 0.3 is 12.1 Å². The van der Waals surface area contributed by atoms with Crippen LogP contribution in [0.15, 0.2) is 6.07 Å². The van der Waals surface area contributed by atoms with E-state index in [4.69, 9.17) is 5.11 Å². The van der Waals surface area contributed by atoms with E-state index >= 15 is 0 Å². The van der Waals surface area contributed by atoms with Crippen molar-refractivity contribution in [2.75, 3.05) is 11.4 Å². The van der Waals surface area contributed by atoms with Crippen LogP contribution in [0.4, 0.5) is 27.6 Å². The molecule has 1 aliphatic heterocycles. The van der Waals surface area contributed by atoms with Gasteiger partial charge < -0.3 is 10.4 Å². The van der Waals surface area contributed by atoms with Gasteiger partial charge in [-0.05, 0) is 32.8 Å². The fourth-order valence-electron chi connectivity index (χ4n) is 3.39. The lowest BCUT2D eigenvalue weighted by molar-refractivity contribution is -0.140. The van der Waals surface area contributed by atoms with Gasteiger partial charge in [0.1, 0.15) is 18.2 Å². The zero-order valence-corrected chi connectivity index (χ0v) is 16.7. The molecule has 0 saturated heterocycles. The highest BCUT2D eigenvalue weighted by Gasteiger charge is 2.51. The largest absolute Gasteiger partial charge is 0.481 e. The summed E-state index contributed by atoms with van der Waals surface area (Å²) in [6, 6.07) is -0.654. The van der Waals surface area contributed by atoms with Crippen molar-refractivity contribution in [3.8, 4) is 0 Å². The number of hydrogen-bond donors (Lipinski definition) is 2. The Morgan fingerprint density at radius 2 is 1.80 bits per heavy atom. The number of amides is 2. The third kappa shape index (κ3) is 4.24. The number of carbonyl (C=O) groups excluding carboxylic acids is 2. The molecule has 0 unspecified atom stereocenters. The molecular formula is C19H21F5N2O4. The van der Waals surface area contributed by atoms with E-state index in [1.54, 1.807) is 6.92 Å². The second-order valence-corrected chi connectivity index (χ2v) is 7.89. The Balaban J connectivity index is 2.37. The van der Waals surface area contributed by atoms with Crippen LogP contribution in [0.2, 0.25) is 0 Å². The number of nitrogens with one attached hydrogen (secondary N) is 1. The van der Waals surface area contributed by atoms with Gasteiger partial charge in [-0.15, -0.1) is 0 Å². The monoisotopic (exact) mass is 436 g/mol. The van der Waals surface area contributed by atoms with Crippen LogP contribution in [-0.4, -0.2) is 35.5 Å². The van der Waals surface area contributed by atoms with E-state index < -0.39 is 76.3 Å². The van der Waals surface area contributed by atoms with E-state index in [1.165, 1.54) is 6.92 Å². The van der Waals surface area contributed by atoms with Gasteiger partial charge in [0.2, 0.25) is 11.8 Å². The van der Waals surface area contributed by atoms with Crippen molar-refractivity contribution in [2.45, 2.75) is 51.7 Å². The molecule has 0 saturated carbocycles. The fourth-order valence-corrected chi connectivity index (χ4v) is 3.39. The molecule has 0 aromatic heterocycles. The minimum absolute atomic E-state index is 0.0364. The Hall–Kier alpha value is -2.72. The highest BCUT2D eigenvalue weighted by Crippen LogP contribution is 2.47. The number of anilines is 1. The number of benzene rings is 1. The minimum atomic E-state index is -5.17. The van der Waals surface area contributed by atoms with Crippen molar-refractivity contribution in [3.63, 3.8) is 0 Å². The number of carboxylic acids is 1. The zero-order valence-electron chi connectivity index (χ0n) is 16.7. The van der Waals surface area contributed by atoms with Crippen LogP contribution in [0, 0.1) is 17.6 Å². The van der Waals surface area contributed by atoms with E-state index in [2.05, 4.69) is 5.32 Å². The van der Waals surface area contributed by atoms with Crippen molar-refractivity contribution >= 4 is 23.5 Å². The van der Waals surface area contributed by atoms with Crippen LogP contribution in [0.3, 0.4) is 0 Å². The molecule has 1 aromatic carbocycles. The summed E-state index contributed by atoms with van der Waals surface area (Å²) in [5, 5.41) is 11.3. The lowest BCUT2D eigenvalue weighted by Crippen LogP contribution is -2.46. The topological polar surface area (TPSA) is 86.7 Å². The molecular weight excluding hydrogens is 415 g/mol. The highest BCUT2D eigenvalue weighted by atomic mass is 19.4. The molecule has 0 spiro atoms. The predicted molar refractivity (Wildman–Crippen MR) is 95.8 cm³/mol. The molecule has 0 radical (unpaired) electrons. The van der Waals surface area contributed by atoms with Gasteiger partial charge in [-0.25, -0.2) is 8.78 Å². The average molecular weight is 436 g/mol. The molecule has 0 fully saturated rings. The number of hydrogen-bond acceptors (Lipinski definition) is 3. The van der Waals surface area contributed by atoms with Gasteiger partial charge in [-0.2, -0.15) is 13.2 Å². The Labute approximate surface area is 169 Å². The van der Waals surface area contributed by atoms with Gasteiger partial charge in [0.05, 0.1) is 16.7 Å². The maximum absolute atomic E-state index is 14.6. The maximum atomic E-state index is 14.6. The van der Waals surface area contributed by atoms with Gasteiger partial charge in [-0.3, -0.25) is 19.3 Å². The SMILES string of the molecule is C[C@H](CC(=O)O)[C@H](C)NC(=O)CN1C(=O)C(C)(C)c2c(F)c(C(F)(F)F)cc(F)c21. The van der Waals surface area contributed by atoms with Crippen LogP contribution >= 0.6 is 0 Å². The van der Waals surface area contributed by atoms with Crippen molar-refractivity contribution in [2.24, 2.45) is 5.92 Å². The van der Waals surface area contributed by atoms with Crippen LogP contribution in [0.1, 0.15) is 45.2 Å². The van der Waals surface area contributed by atoms with Crippen molar-refractivity contribution in [1.82, 2.24) is 5.32 Å². The molecule has 0 bridgehead atoms. The van der Waals surface area contributed by atoms with Crippen LogP contribution in [-0.2, 0) is 26.0 Å². The van der Waals surface area contributed by atoms with Gasteiger partial charge in [-0.1, -0.05) is 6.92 Å². The Morgan fingerprint density at radius 1 is 1.23 bits per heavy atom. The Bertz CT molecular complexity index is 898. The summed E-state index contributed by atoms with van der Waals surface area (Å²) in [5.41, 5.74) is -5.14. The summed E-state index contributed by atoms with van der Waals surface area (Å²) < 4.78 is 68.4. The number of nitrogens with zero attached hydrogens (tertiary/aromatic N) is 1. The van der Waals surface area contributed by atoms with Crippen LogP contribution in [0.25, 0.3) is 0 Å². The summed E-state index contributed by atoms with van der Waals surface area (Å²) in [5.74, 6) is -6.51. The standard InChI is InChI=1S/C19H21F5N2O4/c1-8(5-13(28)29)9(2)25-12(27)7-26-16-11(20)6-10(19(22,23)24)15(21)14(16)18(3,4)17(26)30/h6,8-9H,5,7H2,1-4H3,(H,25,27)(H,28,29)/t8-,9+/m1/s1. The first-order chi connectivity index (χ1) is 13.6. The van der Waals surface area contributed by atoms with E-state index in [0.29, 0.717) is 4.90 Å². The van der Waals surface area contributed by atoms with Gasteiger partial charge in [0.25, 0.3) is 0 Å². The lowest BCUT2D eigenvalue weighted by atomic mass is 9.84. The van der Waals surface area contributed by atoms with Crippen molar-refractivity contribution in [3.05, 3.63) is 28.8 Å². The van der Waals surface area contributed by atoms with E-state index in [9.17, 15) is 36.3 Å². The van der Waals surface area contributed by atoms with Crippen LogP contribution in [0.5, 0.6) is 0 Å². The molecule has 1 heterocycles. The molecule has 30 heavy (non-hydrogen) atoms. The molecule has 2 atom stereocenters. The normalized spacial score (nSPS) is 17.5. The number of carboxylic acid groups (broad SMARTS) is 1. The molecule has 2 rings (SSSR count). The first-order valence-electron chi connectivity index (χ1n) is 9.01. The number of halogens is 5. The van der Waals surface area contributed by atoms with E-state index in [0.717, 1.165) is 13.8 Å². The smallest absolute Gasteiger partial charge is 0.419 e. The summed E-state index contributed by atoms with van der Waals surface area (Å²) in [6.07, 6.45) is -5.40. The average Bonchev–Trinajstić information content (AvgIpc) is 2.77. The van der Waals surface area contributed by atoms with Gasteiger partial charge in [0.15, 0.2) is 0 Å². The first-order valence-corrected chi connectivity index (χ1v) is 9.01. The molecule has 6 nitrogen and oxygen atoms in total. The van der Waals surface area contributed by atoms with E-state index in [1.807, 2.05) is 0 Å². The first kappa shape index (κ1) is 23.6. The quantitative estimate of drug-likeness (QED) is 0.671. The number of carbonyl (C=O) groups is 3. The maximum Gasteiger partial charge on any atom is 0.419 e. The van der Waals surface area contributed by atoms with Crippen molar-refractivity contribution < 1.29 is 41.4 Å². The molecule has 2 amide bonds. The van der Waals surface area contributed by atoms with Gasteiger partial charge in [0, 0.05) is 18.0 Å². The van der Waals surface area contributed by atoms with E-state index in [-0.39, 0.29) is 12.5 Å². The number of alkyl halides is 3. The van der Waals surface area contributed by atoms with Crippen LogP contribution < -0.4 is 10.2 Å². The summed E-state index contributed by atoms with van der Waals surface area (Å²) >= 11 is 0. The number of fused-ring (bicyclic) bond motifs is 1. The Kier molecular flexibility index (Phi) is 6.16. The fraction of sp³-hybridized carbons (Fsp3) is 0.526. The minimum Gasteiger partial charge on any atom is -0.481 e.